The number of carbonyl (C=O) groups is 1. The van der Waals surface area contributed by atoms with Crippen LogP contribution in [0.25, 0.3) is 11.4 Å². The van der Waals surface area contributed by atoms with Crippen LogP contribution in [0.15, 0.2) is 51.8 Å². The van der Waals surface area contributed by atoms with Crippen molar-refractivity contribution >= 4 is 5.91 Å². The molecular weight excluding hydrogens is 381 g/mol. The summed E-state index contributed by atoms with van der Waals surface area (Å²) in [5.41, 5.74) is 1.42. The molecule has 152 valence electrons. The van der Waals surface area contributed by atoms with E-state index in [1.807, 2.05) is 0 Å². The maximum Gasteiger partial charge on any atom is 0.442 e. The van der Waals surface area contributed by atoms with Crippen molar-refractivity contribution in [2.24, 2.45) is 0 Å². The lowest BCUT2D eigenvalue weighted by atomic mass is 10.1. The van der Waals surface area contributed by atoms with Crippen molar-refractivity contribution in [3.05, 3.63) is 64.4 Å². The number of aromatic nitrogens is 2. The Labute approximate surface area is 165 Å². The van der Waals surface area contributed by atoms with E-state index in [0.717, 1.165) is 10.1 Å². The van der Waals surface area contributed by atoms with E-state index >= 15 is 0 Å². The normalized spacial score (nSPS) is 10.6. The molecule has 8 nitrogen and oxygen atoms in total. The highest BCUT2D eigenvalue weighted by molar-refractivity contribution is 5.76. The Bertz CT molecular complexity index is 1040. The Morgan fingerprint density at radius 1 is 1.14 bits per heavy atom. The maximum absolute atomic E-state index is 12.9. The SMILES string of the molecule is COc1ccc(-c2noc(=O)n2CC(=O)NCCc2ccc(F)cc2)cc1OC. The average molecular weight is 401 g/mol. The summed E-state index contributed by atoms with van der Waals surface area (Å²) in [5, 5.41) is 6.49. The Hall–Kier alpha value is -3.62. The predicted molar refractivity (Wildman–Crippen MR) is 102 cm³/mol. The Morgan fingerprint density at radius 2 is 1.86 bits per heavy atom. The van der Waals surface area contributed by atoms with Crippen LogP contribution in [0.4, 0.5) is 4.39 Å². The van der Waals surface area contributed by atoms with Crippen molar-refractivity contribution in [1.82, 2.24) is 15.0 Å². The van der Waals surface area contributed by atoms with Crippen molar-refractivity contribution < 1.29 is 23.2 Å². The van der Waals surface area contributed by atoms with Gasteiger partial charge in [-0.3, -0.25) is 9.32 Å². The van der Waals surface area contributed by atoms with Crippen molar-refractivity contribution in [3.8, 4) is 22.9 Å². The fraction of sp³-hybridized carbons (Fsp3) is 0.250. The molecule has 0 fully saturated rings. The molecule has 2 aromatic carbocycles. The minimum Gasteiger partial charge on any atom is -0.493 e. The molecule has 1 N–H and O–H groups in total. The van der Waals surface area contributed by atoms with Gasteiger partial charge in [-0.05, 0) is 42.3 Å². The van der Waals surface area contributed by atoms with Gasteiger partial charge < -0.3 is 14.8 Å². The molecule has 0 saturated heterocycles. The molecule has 0 aliphatic rings. The fourth-order valence-electron chi connectivity index (χ4n) is 2.79. The zero-order valence-electron chi connectivity index (χ0n) is 16.0. The van der Waals surface area contributed by atoms with E-state index in [4.69, 9.17) is 14.0 Å². The van der Waals surface area contributed by atoms with Gasteiger partial charge in [0.05, 0.1) is 14.2 Å². The van der Waals surface area contributed by atoms with Crippen molar-refractivity contribution in [2.75, 3.05) is 20.8 Å². The molecule has 9 heteroatoms. The van der Waals surface area contributed by atoms with Crippen molar-refractivity contribution in [3.63, 3.8) is 0 Å². The molecule has 0 aliphatic heterocycles. The maximum atomic E-state index is 12.9. The summed E-state index contributed by atoms with van der Waals surface area (Å²) in [7, 11) is 3.01. The highest BCUT2D eigenvalue weighted by atomic mass is 19.1. The highest BCUT2D eigenvalue weighted by Gasteiger charge is 2.17. The van der Waals surface area contributed by atoms with Gasteiger partial charge in [-0.2, -0.15) is 0 Å². The van der Waals surface area contributed by atoms with Gasteiger partial charge in [-0.1, -0.05) is 17.3 Å². The Kier molecular flexibility index (Phi) is 6.28. The lowest BCUT2D eigenvalue weighted by molar-refractivity contribution is -0.121. The summed E-state index contributed by atoms with van der Waals surface area (Å²) in [5.74, 6) is -0.262. The van der Waals surface area contributed by atoms with Gasteiger partial charge in [0.15, 0.2) is 17.3 Å². The lowest BCUT2D eigenvalue weighted by Crippen LogP contribution is -2.32. The van der Waals surface area contributed by atoms with Gasteiger partial charge in [-0.25, -0.2) is 13.8 Å². The van der Waals surface area contributed by atoms with Crippen LogP contribution < -0.4 is 20.5 Å². The van der Waals surface area contributed by atoms with Crippen LogP contribution in [0.2, 0.25) is 0 Å². The van der Waals surface area contributed by atoms with Crippen molar-refractivity contribution in [2.45, 2.75) is 13.0 Å². The molecule has 0 bridgehead atoms. The number of carbonyl (C=O) groups excluding carboxylic acids is 1. The summed E-state index contributed by atoms with van der Waals surface area (Å²) in [4.78, 5) is 24.3. The summed E-state index contributed by atoms with van der Waals surface area (Å²) >= 11 is 0. The second-order valence-electron chi connectivity index (χ2n) is 6.15. The van der Waals surface area contributed by atoms with Crippen LogP contribution in [-0.4, -0.2) is 36.4 Å². The molecule has 3 rings (SSSR count). The third-order valence-electron chi connectivity index (χ3n) is 4.28. The van der Waals surface area contributed by atoms with Gasteiger partial charge in [-0.15, -0.1) is 0 Å². The van der Waals surface area contributed by atoms with Crippen LogP contribution >= 0.6 is 0 Å². The molecule has 0 aliphatic carbocycles. The summed E-state index contributed by atoms with van der Waals surface area (Å²) < 4.78 is 29.2. The zero-order chi connectivity index (χ0) is 20.8. The van der Waals surface area contributed by atoms with E-state index in [-0.39, 0.29) is 24.1 Å². The fourth-order valence-corrected chi connectivity index (χ4v) is 2.79. The van der Waals surface area contributed by atoms with E-state index in [0.29, 0.717) is 30.0 Å². The average Bonchev–Trinajstić information content (AvgIpc) is 3.09. The number of methoxy groups -OCH3 is 2. The lowest BCUT2D eigenvalue weighted by Gasteiger charge is -2.10. The highest BCUT2D eigenvalue weighted by Crippen LogP contribution is 2.31. The molecule has 0 saturated carbocycles. The number of nitrogens with zero attached hydrogens (tertiary/aromatic N) is 2. The minimum absolute atomic E-state index is 0.199. The zero-order valence-corrected chi connectivity index (χ0v) is 16.0. The number of nitrogens with one attached hydrogen (secondary N) is 1. The van der Waals surface area contributed by atoms with Gasteiger partial charge in [0, 0.05) is 12.1 Å². The van der Waals surface area contributed by atoms with E-state index in [1.165, 1.54) is 26.4 Å². The standard InChI is InChI=1S/C20H20FN3O5/c1-27-16-8-5-14(11-17(16)28-2)19-23-29-20(26)24(19)12-18(25)22-10-9-13-3-6-15(21)7-4-13/h3-8,11H,9-10,12H2,1-2H3,(H,22,25). The Balaban J connectivity index is 1.68. The number of amides is 1. The van der Waals surface area contributed by atoms with Crippen LogP contribution in [0.1, 0.15) is 5.56 Å². The largest absolute Gasteiger partial charge is 0.493 e. The first-order valence-corrected chi connectivity index (χ1v) is 8.82. The molecule has 0 spiro atoms. The third-order valence-corrected chi connectivity index (χ3v) is 4.28. The van der Waals surface area contributed by atoms with E-state index in [1.54, 1.807) is 30.3 Å². The first-order chi connectivity index (χ1) is 14.0. The first kappa shape index (κ1) is 20.1. The third kappa shape index (κ3) is 4.81. The smallest absolute Gasteiger partial charge is 0.442 e. The van der Waals surface area contributed by atoms with Crippen LogP contribution in [0.3, 0.4) is 0 Å². The number of hydrogen-bond donors (Lipinski definition) is 1. The van der Waals surface area contributed by atoms with Gasteiger partial charge in [0.2, 0.25) is 5.91 Å². The number of halogens is 1. The van der Waals surface area contributed by atoms with Crippen LogP contribution in [-0.2, 0) is 17.8 Å². The first-order valence-electron chi connectivity index (χ1n) is 8.82. The topological polar surface area (TPSA) is 95.6 Å². The quantitative estimate of drug-likeness (QED) is 0.621. The summed E-state index contributed by atoms with van der Waals surface area (Å²) in [6.07, 6.45) is 0.535. The van der Waals surface area contributed by atoms with Crippen molar-refractivity contribution in [1.29, 1.82) is 0 Å². The van der Waals surface area contributed by atoms with E-state index in [9.17, 15) is 14.0 Å². The molecule has 3 aromatic rings. The van der Waals surface area contributed by atoms with E-state index < -0.39 is 5.76 Å². The molecule has 0 atom stereocenters. The van der Waals surface area contributed by atoms with Crippen LogP contribution in [0, 0.1) is 5.82 Å². The second-order valence-corrected chi connectivity index (χ2v) is 6.15. The number of ether oxygens (including phenoxy) is 2. The molecule has 0 unspecified atom stereocenters. The molecule has 1 aromatic heterocycles. The second kappa shape index (κ2) is 9.05. The van der Waals surface area contributed by atoms with Crippen LogP contribution in [0.5, 0.6) is 11.5 Å². The Morgan fingerprint density at radius 3 is 2.55 bits per heavy atom. The molecular formula is C20H20FN3O5. The predicted octanol–water partition coefficient (Wildman–Crippen LogP) is 2.02. The van der Waals surface area contributed by atoms with E-state index in [2.05, 4.69) is 10.5 Å². The number of rotatable bonds is 8. The molecule has 1 heterocycles. The summed E-state index contributed by atoms with van der Waals surface area (Å²) in [6, 6.07) is 11.0. The number of hydrogen-bond acceptors (Lipinski definition) is 6. The summed E-state index contributed by atoms with van der Waals surface area (Å²) in [6.45, 7) is 0.0889. The number of benzene rings is 2. The molecule has 29 heavy (non-hydrogen) atoms. The molecule has 1 amide bonds. The van der Waals surface area contributed by atoms with Gasteiger partial charge in [0.25, 0.3) is 0 Å². The van der Waals surface area contributed by atoms with Gasteiger partial charge in [0.1, 0.15) is 12.4 Å². The van der Waals surface area contributed by atoms with Gasteiger partial charge >= 0.3 is 5.76 Å². The monoisotopic (exact) mass is 401 g/mol. The minimum atomic E-state index is -0.747. The molecule has 0 radical (unpaired) electrons.